The molecule has 2 aliphatic carbocycles. The van der Waals surface area contributed by atoms with Crippen molar-refractivity contribution in [2.45, 2.75) is 134 Å². The highest BCUT2D eigenvalue weighted by Crippen LogP contribution is 2.58. The van der Waals surface area contributed by atoms with Gasteiger partial charge < -0.3 is 44.2 Å². The topological polar surface area (TPSA) is 215 Å². The average molecular weight is 936 g/mol. The number of carbonyl (C=O) groups is 6. The number of esters is 4. The smallest absolute Gasteiger partial charge is 0.348 e. The summed E-state index contributed by atoms with van der Waals surface area (Å²) < 4.78 is 35.8. The highest BCUT2D eigenvalue weighted by molar-refractivity contribution is 5.95. The van der Waals surface area contributed by atoms with Crippen LogP contribution in [0.25, 0.3) is 6.08 Å². The number of ether oxygens (including phenoxy) is 6. The molecule has 4 heterocycles. The van der Waals surface area contributed by atoms with Crippen LogP contribution in [0.2, 0.25) is 0 Å². The summed E-state index contributed by atoms with van der Waals surface area (Å²) in [5.74, 6) is -4.46. The fourth-order valence-corrected chi connectivity index (χ4v) is 10.3. The maximum Gasteiger partial charge on any atom is 0.348 e. The predicted molar refractivity (Wildman–Crippen MR) is 239 cm³/mol. The molecule has 3 aromatic carbocycles. The van der Waals surface area contributed by atoms with Crippen LogP contribution in [0, 0.1) is 10.8 Å². The number of nitrogens with zero attached hydrogens (tertiary/aromatic N) is 1. The van der Waals surface area contributed by atoms with Gasteiger partial charge in [0.1, 0.15) is 42.0 Å². The molecule has 8 atom stereocenters. The van der Waals surface area contributed by atoms with E-state index in [2.05, 4.69) is 10.6 Å². The molecule has 5 fully saturated rings. The zero-order valence-electron chi connectivity index (χ0n) is 38.7. The molecule has 0 aromatic heterocycles. The van der Waals surface area contributed by atoms with Crippen LogP contribution < -0.4 is 10.6 Å². The molecule has 68 heavy (non-hydrogen) atoms. The fourth-order valence-electron chi connectivity index (χ4n) is 10.3. The minimum absolute atomic E-state index is 0.00115. The molecule has 360 valence electrons. The molecule has 4 saturated heterocycles. The number of amides is 2. The van der Waals surface area contributed by atoms with Crippen molar-refractivity contribution < 1.29 is 67.1 Å². The summed E-state index contributed by atoms with van der Waals surface area (Å²) in [6, 6.07) is 19.9. The first-order valence-electron chi connectivity index (χ1n) is 23.1. The monoisotopic (exact) mass is 935 g/mol. The van der Waals surface area contributed by atoms with Gasteiger partial charge in [-0.2, -0.15) is 5.06 Å². The van der Waals surface area contributed by atoms with E-state index >= 15 is 4.79 Å². The van der Waals surface area contributed by atoms with Crippen LogP contribution in [0.15, 0.2) is 78.9 Å². The third-order valence-corrected chi connectivity index (χ3v) is 13.6. The van der Waals surface area contributed by atoms with E-state index in [1.54, 1.807) is 83.2 Å². The lowest BCUT2D eigenvalue weighted by Crippen LogP contribution is -2.69. The highest BCUT2D eigenvalue weighted by atomic mass is 16.8. The number of hydrogen-bond acceptors (Lipinski definition) is 15. The predicted octanol–water partition coefficient (Wildman–Crippen LogP) is 3.80. The number of aliphatic hydroxyl groups is 1. The van der Waals surface area contributed by atoms with Crippen molar-refractivity contribution in [3.05, 3.63) is 112 Å². The van der Waals surface area contributed by atoms with Gasteiger partial charge in [0.05, 0.1) is 19.2 Å². The van der Waals surface area contributed by atoms with Crippen LogP contribution in [0.3, 0.4) is 0 Å². The molecule has 4 aliphatic heterocycles. The molecule has 17 heteroatoms. The Hall–Kier alpha value is -5.98. The molecule has 0 radical (unpaired) electrons. The number of hydroxylamine groups is 2. The van der Waals surface area contributed by atoms with Gasteiger partial charge in [0.25, 0.3) is 5.91 Å². The van der Waals surface area contributed by atoms with Gasteiger partial charge in [-0.05, 0) is 73.2 Å². The van der Waals surface area contributed by atoms with E-state index in [0.717, 1.165) is 11.1 Å². The second kappa shape index (κ2) is 18.2. The van der Waals surface area contributed by atoms with Gasteiger partial charge in [-0.1, -0.05) is 74.5 Å². The maximum atomic E-state index is 15.1. The van der Waals surface area contributed by atoms with E-state index in [4.69, 9.17) is 33.3 Å². The Kier molecular flexibility index (Phi) is 12.6. The van der Waals surface area contributed by atoms with Crippen LogP contribution in [0.4, 0.5) is 0 Å². The summed E-state index contributed by atoms with van der Waals surface area (Å²) in [5.41, 5.74) is 1.38. The maximum absolute atomic E-state index is 15.1. The Balaban J connectivity index is 0.953. The fraction of sp³-hybridized carbons (Fsp3) is 0.490. The van der Waals surface area contributed by atoms with E-state index in [1.807, 2.05) is 30.3 Å². The lowest BCUT2D eigenvalue weighted by molar-refractivity contribution is -0.217. The first-order chi connectivity index (χ1) is 32.4. The first kappa shape index (κ1) is 47.1. The van der Waals surface area contributed by atoms with Gasteiger partial charge in [-0.25, -0.2) is 9.59 Å². The van der Waals surface area contributed by atoms with Crippen LogP contribution in [-0.2, 0) is 83.2 Å². The average Bonchev–Trinajstić information content (AvgIpc) is 4.03. The summed E-state index contributed by atoms with van der Waals surface area (Å²) >= 11 is 0. The molecule has 1 saturated carbocycles. The number of benzene rings is 3. The standard InChI is InChI=1S/C51H57N3O14/c1-48(2,3)65-38(57)20-18-35(27-55)53-44(58)31-16-10-11-29(21-31)25-52-47(61)51-24-36-39-40(67-50(66-39)22-32-13-7-8-14-33(32)23-50)42(51)68-54(41(51)45(59)63-36)26-34-15-9-6-12-30(34)17-19-37(56)64-43-46(60)62-28-49(43,4)5/h6-17,19,21,35-36,39-43,55H,18,20,22-28H2,1-5H3,(H,52,61)(H,53,58)/t35-,36+,39-,40-,41-,42+,43-,51-/m0/s1. The molecule has 2 bridgehead atoms. The lowest BCUT2D eigenvalue weighted by Gasteiger charge is -2.48. The molecular formula is C51H57N3O14. The molecule has 3 aromatic rings. The van der Waals surface area contributed by atoms with Gasteiger partial charge >= 0.3 is 23.9 Å². The Labute approximate surface area is 393 Å². The minimum atomic E-state index is -1.52. The number of rotatable bonds is 14. The van der Waals surface area contributed by atoms with Crippen molar-refractivity contribution in [1.82, 2.24) is 15.7 Å². The molecule has 0 unspecified atom stereocenters. The van der Waals surface area contributed by atoms with E-state index in [1.165, 1.54) is 11.1 Å². The van der Waals surface area contributed by atoms with E-state index in [0.29, 0.717) is 29.5 Å². The Morgan fingerprint density at radius 2 is 1.66 bits per heavy atom. The van der Waals surface area contributed by atoms with E-state index in [9.17, 15) is 29.1 Å². The number of carbonyl (C=O) groups excluding carboxylic acids is 6. The van der Waals surface area contributed by atoms with E-state index < -0.39 is 107 Å². The molecule has 2 amide bonds. The number of hydrogen-bond donors (Lipinski definition) is 3. The van der Waals surface area contributed by atoms with Crippen LogP contribution in [0.1, 0.15) is 92.1 Å². The minimum Gasteiger partial charge on any atom is -0.462 e. The Bertz CT molecular complexity index is 2510. The van der Waals surface area contributed by atoms with Crippen LogP contribution in [0.5, 0.6) is 0 Å². The summed E-state index contributed by atoms with van der Waals surface area (Å²) in [7, 11) is 0. The molecule has 9 rings (SSSR count). The van der Waals surface area contributed by atoms with Crippen LogP contribution >= 0.6 is 0 Å². The largest absolute Gasteiger partial charge is 0.462 e. The van der Waals surface area contributed by atoms with E-state index in [-0.39, 0.29) is 44.5 Å². The number of cyclic esters (lactones) is 1. The zero-order chi connectivity index (χ0) is 48.2. The number of fused-ring (bicyclic) bond motifs is 5. The third-order valence-electron chi connectivity index (χ3n) is 13.6. The second-order valence-corrected chi connectivity index (χ2v) is 20.2. The van der Waals surface area contributed by atoms with Gasteiger partial charge in [-0.3, -0.25) is 24.0 Å². The molecule has 17 nitrogen and oxygen atoms in total. The van der Waals surface area contributed by atoms with Gasteiger partial charge in [0, 0.05) is 49.3 Å². The first-order valence-corrected chi connectivity index (χ1v) is 23.1. The number of nitrogens with one attached hydrogen (secondary N) is 2. The van der Waals surface area contributed by atoms with Crippen molar-refractivity contribution in [1.29, 1.82) is 0 Å². The van der Waals surface area contributed by atoms with Crippen molar-refractivity contribution in [3.8, 4) is 0 Å². The summed E-state index contributed by atoms with van der Waals surface area (Å²) in [4.78, 5) is 87.3. The SMILES string of the molecule is CC(C)(C)OC(=O)CC[C@@H](CO)NC(=O)c1cccc(CNC(=O)[C@@]23C[C@H]4OC(=O)[C@@H]2N(Cc2ccccc2C=CC(=O)O[C@H]2C(=O)OCC2(C)C)O[C@@H]3[C@H]2OC3(Cc5ccccc5C3)O[C@H]24)c1. The van der Waals surface area contributed by atoms with Gasteiger partial charge in [0.2, 0.25) is 12.0 Å². The Morgan fingerprint density at radius 1 is 0.941 bits per heavy atom. The molecule has 1 spiro atoms. The molecule has 3 N–H and O–H groups in total. The zero-order valence-corrected chi connectivity index (χ0v) is 38.7. The molecule has 6 aliphatic rings. The summed E-state index contributed by atoms with van der Waals surface area (Å²) in [6.45, 7) is 8.55. The van der Waals surface area contributed by atoms with Crippen molar-refractivity contribution in [3.63, 3.8) is 0 Å². The lowest BCUT2D eigenvalue weighted by atomic mass is 9.62. The van der Waals surface area contributed by atoms with Crippen LogP contribution in [-0.4, -0.2) is 113 Å². The number of aliphatic hydroxyl groups excluding tert-OH is 1. The summed E-state index contributed by atoms with van der Waals surface area (Å²) in [5, 5.41) is 17.3. The quantitative estimate of drug-likeness (QED) is 0.119. The van der Waals surface area contributed by atoms with Gasteiger partial charge in [-0.15, -0.1) is 0 Å². The van der Waals surface area contributed by atoms with Crippen molar-refractivity contribution in [2.24, 2.45) is 10.8 Å². The summed E-state index contributed by atoms with van der Waals surface area (Å²) in [6.07, 6.45) is -0.477. The van der Waals surface area contributed by atoms with Gasteiger partial charge in [0.15, 0.2) is 11.8 Å². The third kappa shape index (κ3) is 9.17. The Morgan fingerprint density at radius 3 is 2.37 bits per heavy atom. The normalized spacial score (nSPS) is 27.8. The highest BCUT2D eigenvalue weighted by Gasteiger charge is 2.76. The molecular weight excluding hydrogens is 879 g/mol. The second-order valence-electron chi connectivity index (χ2n) is 20.2. The van der Waals surface area contributed by atoms with Crippen molar-refractivity contribution in [2.75, 3.05) is 13.2 Å². The van der Waals surface area contributed by atoms with Crippen molar-refractivity contribution >= 4 is 41.8 Å².